The van der Waals surface area contributed by atoms with Crippen LogP contribution < -0.4 is 5.32 Å². The van der Waals surface area contributed by atoms with Gasteiger partial charge in [-0.3, -0.25) is 4.79 Å². The molecule has 1 amide bonds. The van der Waals surface area contributed by atoms with Crippen LogP contribution >= 0.6 is 11.6 Å². The number of amides is 1. The zero-order valence-corrected chi connectivity index (χ0v) is 12.7. The Morgan fingerprint density at radius 3 is 2.50 bits per heavy atom. The maximum atomic E-state index is 12.3. The van der Waals surface area contributed by atoms with Crippen molar-refractivity contribution in [2.75, 3.05) is 12.4 Å². The number of halogens is 1. The first-order valence-corrected chi connectivity index (χ1v) is 8.00. The fourth-order valence-electron chi connectivity index (χ4n) is 2.92. The molecular weight excluding hydrogens is 246 g/mol. The summed E-state index contributed by atoms with van der Waals surface area (Å²) in [6.07, 6.45) is 9.10. The minimum Gasteiger partial charge on any atom is -0.355 e. The molecule has 0 aromatic carbocycles. The number of carbonyl (C=O) groups excluding carboxylic acids is 1. The third-order valence-electron chi connectivity index (χ3n) is 4.27. The van der Waals surface area contributed by atoms with Crippen LogP contribution in [-0.4, -0.2) is 18.3 Å². The molecule has 0 spiro atoms. The third kappa shape index (κ3) is 4.79. The van der Waals surface area contributed by atoms with E-state index in [0.29, 0.717) is 11.8 Å². The first kappa shape index (κ1) is 15.8. The molecule has 0 aromatic heterocycles. The zero-order valence-electron chi connectivity index (χ0n) is 11.9. The van der Waals surface area contributed by atoms with Gasteiger partial charge < -0.3 is 5.32 Å². The molecule has 18 heavy (non-hydrogen) atoms. The van der Waals surface area contributed by atoms with Crippen molar-refractivity contribution in [1.82, 2.24) is 5.32 Å². The molecule has 3 heteroatoms. The lowest BCUT2D eigenvalue weighted by Gasteiger charge is -2.32. The molecule has 1 rings (SSSR count). The molecule has 1 N–H and O–H groups in total. The average Bonchev–Trinajstić information content (AvgIpc) is 2.37. The van der Waals surface area contributed by atoms with Crippen LogP contribution in [0.25, 0.3) is 0 Å². The van der Waals surface area contributed by atoms with E-state index in [-0.39, 0.29) is 11.3 Å². The van der Waals surface area contributed by atoms with Gasteiger partial charge >= 0.3 is 0 Å². The first-order chi connectivity index (χ1) is 8.62. The van der Waals surface area contributed by atoms with Crippen LogP contribution in [0.1, 0.15) is 65.2 Å². The van der Waals surface area contributed by atoms with Crippen LogP contribution in [0.4, 0.5) is 0 Å². The molecule has 0 bridgehead atoms. The van der Waals surface area contributed by atoms with Crippen molar-refractivity contribution < 1.29 is 4.79 Å². The van der Waals surface area contributed by atoms with Crippen LogP contribution in [-0.2, 0) is 4.79 Å². The van der Waals surface area contributed by atoms with Gasteiger partial charge in [-0.2, -0.15) is 0 Å². The van der Waals surface area contributed by atoms with E-state index in [0.717, 1.165) is 38.6 Å². The predicted molar refractivity (Wildman–Crippen MR) is 77.9 cm³/mol. The maximum absolute atomic E-state index is 12.3. The van der Waals surface area contributed by atoms with Crippen LogP contribution in [0.15, 0.2) is 0 Å². The smallest absolute Gasteiger partial charge is 0.225 e. The number of hydrogen-bond donors (Lipinski definition) is 1. The Morgan fingerprint density at radius 2 is 1.94 bits per heavy atom. The molecule has 0 heterocycles. The van der Waals surface area contributed by atoms with Gasteiger partial charge in [-0.15, -0.1) is 11.6 Å². The van der Waals surface area contributed by atoms with Crippen LogP contribution in [0.5, 0.6) is 0 Å². The van der Waals surface area contributed by atoms with Crippen molar-refractivity contribution in [1.29, 1.82) is 0 Å². The summed E-state index contributed by atoms with van der Waals surface area (Å²) in [6, 6.07) is 0. The van der Waals surface area contributed by atoms with Gasteiger partial charge in [0.1, 0.15) is 0 Å². The Hall–Kier alpha value is -0.240. The second-order valence-corrected chi connectivity index (χ2v) is 6.34. The van der Waals surface area contributed by atoms with Crippen molar-refractivity contribution in [3.63, 3.8) is 0 Å². The van der Waals surface area contributed by atoms with Gasteiger partial charge in [0.15, 0.2) is 0 Å². The normalized spacial score (nSPS) is 20.4. The van der Waals surface area contributed by atoms with E-state index in [1.807, 2.05) is 0 Å². The molecule has 0 aromatic rings. The summed E-state index contributed by atoms with van der Waals surface area (Å²) in [4.78, 5) is 12.3. The lowest BCUT2D eigenvalue weighted by atomic mass is 9.75. The fourth-order valence-corrected chi connectivity index (χ4v) is 3.23. The molecule has 0 aliphatic heterocycles. The van der Waals surface area contributed by atoms with Gasteiger partial charge in [0, 0.05) is 17.8 Å². The number of alkyl halides is 1. The van der Waals surface area contributed by atoms with Crippen molar-refractivity contribution in [2.24, 2.45) is 11.3 Å². The second kappa shape index (κ2) is 8.04. The van der Waals surface area contributed by atoms with Crippen molar-refractivity contribution in [3.05, 3.63) is 0 Å². The monoisotopic (exact) mass is 273 g/mol. The molecule has 1 atom stereocenters. The molecule has 1 aliphatic rings. The standard InChI is InChI=1S/C15H28ClNO/c1-3-7-13(8-11-16)12-17-14(18)15(2)9-5-4-6-10-15/h13H,3-12H2,1-2H3,(H,17,18). The highest BCUT2D eigenvalue weighted by Crippen LogP contribution is 2.35. The lowest BCUT2D eigenvalue weighted by Crippen LogP contribution is -2.42. The highest BCUT2D eigenvalue weighted by molar-refractivity contribution is 6.17. The molecule has 1 saturated carbocycles. The summed E-state index contributed by atoms with van der Waals surface area (Å²) < 4.78 is 0. The topological polar surface area (TPSA) is 29.1 Å². The summed E-state index contributed by atoms with van der Waals surface area (Å²) >= 11 is 5.81. The van der Waals surface area contributed by atoms with E-state index in [1.165, 1.54) is 19.3 Å². The largest absolute Gasteiger partial charge is 0.355 e. The molecule has 2 nitrogen and oxygen atoms in total. The number of hydrogen-bond acceptors (Lipinski definition) is 1. The molecule has 1 fully saturated rings. The number of carbonyl (C=O) groups is 1. The summed E-state index contributed by atoms with van der Waals surface area (Å²) in [7, 11) is 0. The fraction of sp³-hybridized carbons (Fsp3) is 0.933. The van der Waals surface area contributed by atoms with Crippen molar-refractivity contribution in [3.8, 4) is 0 Å². The van der Waals surface area contributed by atoms with E-state index < -0.39 is 0 Å². The Labute approximate surface area is 117 Å². The van der Waals surface area contributed by atoms with E-state index in [1.54, 1.807) is 0 Å². The Bertz CT molecular complexity index is 243. The number of nitrogens with one attached hydrogen (secondary N) is 1. The second-order valence-electron chi connectivity index (χ2n) is 5.96. The van der Waals surface area contributed by atoms with E-state index in [2.05, 4.69) is 19.2 Å². The van der Waals surface area contributed by atoms with Gasteiger partial charge in [0.25, 0.3) is 0 Å². The highest BCUT2D eigenvalue weighted by Gasteiger charge is 2.34. The minimum atomic E-state index is -0.115. The maximum Gasteiger partial charge on any atom is 0.225 e. The zero-order chi connectivity index (χ0) is 13.4. The Morgan fingerprint density at radius 1 is 1.28 bits per heavy atom. The Kier molecular flexibility index (Phi) is 7.06. The quantitative estimate of drug-likeness (QED) is 0.695. The molecule has 1 unspecified atom stereocenters. The lowest BCUT2D eigenvalue weighted by molar-refractivity contribution is -0.132. The van der Waals surface area contributed by atoms with E-state index in [4.69, 9.17) is 11.6 Å². The average molecular weight is 274 g/mol. The molecule has 106 valence electrons. The van der Waals surface area contributed by atoms with Crippen LogP contribution in [0.3, 0.4) is 0 Å². The van der Waals surface area contributed by atoms with E-state index >= 15 is 0 Å². The summed E-state index contributed by atoms with van der Waals surface area (Å²) in [5.41, 5.74) is -0.115. The summed E-state index contributed by atoms with van der Waals surface area (Å²) in [5.74, 6) is 1.50. The van der Waals surface area contributed by atoms with Gasteiger partial charge in [-0.1, -0.05) is 39.5 Å². The molecular formula is C15H28ClNO. The Balaban J connectivity index is 2.38. The van der Waals surface area contributed by atoms with Gasteiger partial charge in [0.05, 0.1) is 0 Å². The molecule has 0 radical (unpaired) electrons. The van der Waals surface area contributed by atoms with Gasteiger partial charge in [-0.05, 0) is 31.6 Å². The molecule has 0 saturated heterocycles. The SMILES string of the molecule is CCCC(CCCl)CNC(=O)C1(C)CCCCC1. The van der Waals surface area contributed by atoms with Crippen LogP contribution in [0.2, 0.25) is 0 Å². The number of rotatable bonds is 7. The van der Waals surface area contributed by atoms with Crippen molar-refractivity contribution >= 4 is 17.5 Å². The van der Waals surface area contributed by atoms with Gasteiger partial charge in [-0.25, -0.2) is 0 Å². The highest BCUT2D eigenvalue weighted by atomic mass is 35.5. The van der Waals surface area contributed by atoms with E-state index in [9.17, 15) is 4.79 Å². The molecule has 1 aliphatic carbocycles. The minimum absolute atomic E-state index is 0.115. The van der Waals surface area contributed by atoms with Crippen LogP contribution in [0, 0.1) is 11.3 Å². The van der Waals surface area contributed by atoms with Gasteiger partial charge in [0.2, 0.25) is 5.91 Å². The van der Waals surface area contributed by atoms with Crippen molar-refractivity contribution in [2.45, 2.75) is 65.2 Å². The summed E-state index contributed by atoms with van der Waals surface area (Å²) in [5, 5.41) is 3.17. The predicted octanol–water partition coefficient (Wildman–Crippen LogP) is 4.12. The third-order valence-corrected chi connectivity index (χ3v) is 4.49. The summed E-state index contributed by atoms with van der Waals surface area (Å²) in [6.45, 7) is 5.11. The first-order valence-electron chi connectivity index (χ1n) is 7.46.